The third-order valence-corrected chi connectivity index (χ3v) is 6.00. The van der Waals surface area contributed by atoms with Crippen molar-refractivity contribution in [3.8, 4) is 11.5 Å². The molecule has 0 atom stereocenters. The zero-order chi connectivity index (χ0) is 19.5. The third-order valence-electron chi connectivity index (χ3n) is 3.90. The number of hydrogen-bond acceptors (Lipinski definition) is 5. The summed E-state index contributed by atoms with van der Waals surface area (Å²) in [7, 11) is 0. The summed E-state index contributed by atoms with van der Waals surface area (Å²) in [5.41, 5.74) is 1.10. The largest absolute Gasteiger partial charge is 0.441 e. The molecule has 0 radical (unpaired) electrons. The predicted molar refractivity (Wildman–Crippen MR) is 113 cm³/mol. The van der Waals surface area contributed by atoms with Gasteiger partial charge in [0.05, 0.1) is 17.0 Å². The minimum atomic E-state index is -0.356. The molecule has 1 N–H and O–H groups in total. The first-order chi connectivity index (χ1) is 13.1. The Morgan fingerprint density at radius 2 is 2.00 bits per heavy atom. The Hall–Kier alpha value is -1.47. The molecular formula is C20H27FN2O2S2. The molecular weight excluding hydrogens is 383 g/mol. The maximum atomic E-state index is 13.8. The number of nitrogens with one attached hydrogen (secondary N) is 1. The molecule has 0 saturated carbocycles. The lowest BCUT2D eigenvalue weighted by molar-refractivity contribution is -0.118. The van der Waals surface area contributed by atoms with E-state index in [0.29, 0.717) is 22.8 Å². The first-order valence-electron chi connectivity index (χ1n) is 9.25. The molecule has 1 heterocycles. The van der Waals surface area contributed by atoms with Crippen LogP contribution in [-0.4, -0.2) is 34.7 Å². The van der Waals surface area contributed by atoms with Crippen LogP contribution in [0, 0.1) is 12.7 Å². The molecule has 0 aliphatic rings. The fraction of sp³-hybridized carbons (Fsp3) is 0.500. The maximum Gasteiger partial charge on any atom is 0.230 e. The van der Waals surface area contributed by atoms with Crippen LogP contribution in [-0.2, 0) is 10.5 Å². The Kier molecular flexibility index (Phi) is 9.77. The molecule has 0 spiro atoms. The molecule has 4 nitrogen and oxygen atoms in total. The highest BCUT2D eigenvalue weighted by atomic mass is 32.2. The number of aromatic nitrogens is 1. The Balaban J connectivity index is 1.68. The number of benzene rings is 1. The van der Waals surface area contributed by atoms with Crippen molar-refractivity contribution in [2.24, 2.45) is 0 Å². The predicted octanol–water partition coefficient (Wildman–Crippen LogP) is 5.06. The number of unbranched alkanes of at least 4 members (excludes halogenated alkanes) is 1. The minimum absolute atomic E-state index is 0.0361. The number of nitrogens with zero attached hydrogens (tertiary/aromatic N) is 1. The van der Waals surface area contributed by atoms with Crippen LogP contribution in [0.5, 0.6) is 0 Å². The molecule has 1 amide bonds. The fourth-order valence-corrected chi connectivity index (χ4v) is 4.25. The van der Waals surface area contributed by atoms with Gasteiger partial charge >= 0.3 is 0 Å². The van der Waals surface area contributed by atoms with Gasteiger partial charge in [0.2, 0.25) is 11.8 Å². The van der Waals surface area contributed by atoms with E-state index in [1.807, 2.05) is 18.7 Å². The zero-order valence-corrected chi connectivity index (χ0v) is 17.6. The van der Waals surface area contributed by atoms with Gasteiger partial charge in [-0.2, -0.15) is 11.8 Å². The van der Waals surface area contributed by atoms with E-state index in [9.17, 15) is 9.18 Å². The van der Waals surface area contributed by atoms with Crippen molar-refractivity contribution in [2.45, 2.75) is 38.9 Å². The summed E-state index contributed by atoms with van der Waals surface area (Å²) in [5, 5.41) is 2.95. The quantitative estimate of drug-likeness (QED) is 0.496. The van der Waals surface area contributed by atoms with Crippen LogP contribution in [0.1, 0.15) is 37.6 Å². The molecule has 2 rings (SSSR count). The first kappa shape index (κ1) is 21.8. The number of thioether (sulfide) groups is 2. The zero-order valence-electron chi connectivity index (χ0n) is 15.9. The van der Waals surface area contributed by atoms with Crippen molar-refractivity contribution in [3.05, 3.63) is 41.5 Å². The van der Waals surface area contributed by atoms with Gasteiger partial charge in [-0.1, -0.05) is 25.5 Å². The standard InChI is InChI=1S/C20H27FN2O2S2/c1-3-4-11-26-12-7-10-22-19(24)14-27-13-18-15(2)25-20(23-18)16-8-5-6-9-17(16)21/h5-6,8-9H,3-4,7,10-14H2,1-2H3,(H,22,24). The van der Waals surface area contributed by atoms with E-state index in [4.69, 9.17) is 4.42 Å². The number of hydrogen-bond donors (Lipinski definition) is 1. The average Bonchev–Trinajstić information content (AvgIpc) is 3.02. The van der Waals surface area contributed by atoms with Gasteiger partial charge in [-0.3, -0.25) is 4.79 Å². The summed E-state index contributed by atoms with van der Waals surface area (Å²) in [4.78, 5) is 16.3. The van der Waals surface area contributed by atoms with E-state index in [1.54, 1.807) is 18.2 Å². The fourth-order valence-electron chi connectivity index (χ4n) is 2.35. The number of oxazole rings is 1. The van der Waals surface area contributed by atoms with Crippen LogP contribution in [0.15, 0.2) is 28.7 Å². The maximum absolute atomic E-state index is 13.8. The second-order valence-corrected chi connectivity index (χ2v) is 8.37. The Bertz CT molecular complexity index is 722. The van der Waals surface area contributed by atoms with Gasteiger partial charge in [-0.15, -0.1) is 11.8 Å². The summed E-state index contributed by atoms with van der Waals surface area (Å²) in [6.07, 6.45) is 3.49. The molecule has 0 bridgehead atoms. The van der Waals surface area contributed by atoms with E-state index in [-0.39, 0.29) is 17.6 Å². The molecule has 0 saturated heterocycles. The Morgan fingerprint density at radius 3 is 2.78 bits per heavy atom. The molecule has 148 valence electrons. The van der Waals surface area contributed by atoms with Crippen LogP contribution in [0.3, 0.4) is 0 Å². The van der Waals surface area contributed by atoms with E-state index < -0.39 is 0 Å². The van der Waals surface area contributed by atoms with Crippen LogP contribution in [0.4, 0.5) is 4.39 Å². The SMILES string of the molecule is CCCCSCCCNC(=O)CSCc1nc(-c2ccccc2F)oc1C. The molecule has 1 aromatic heterocycles. The summed E-state index contributed by atoms with van der Waals surface area (Å²) in [6, 6.07) is 6.41. The van der Waals surface area contributed by atoms with Crippen LogP contribution >= 0.6 is 23.5 Å². The van der Waals surface area contributed by atoms with Crippen molar-refractivity contribution < 1.29 is 13.6 Å². The molecule has 0 aliphatic heterocycles. The number of aryl methyl sites for hydroxylation is 1. The first-order valence-corrected chi connectivity index (χ1v) is 11.6. The van der Waals surface area contributed by atoms with Gasteiger partial charge < -0.3 is 9.73 Å². The molecule has 27 heavy (non-hydrogen) atoms. The van der Waals surface area contributed by atoms with Gasteiger partial charge in [0, 0.05) is 12.3 Å². The summed E-state index contributed by atoms with van der Waals surface area (Å²) >= 11 is 3.43. The third kappa shape index (κ3) is 7.58. The van der Waals surface area contributed by atoms with Crippen molar-refractivity contribution in [1.29, 1.82) is 0 Å². The number of rotatable bonds is 12. The van der Waals surface area contributed by atoms with Crippen LogP contribution in [0.2, 0.25) is 0 Å². The summed E-state index contributed by atoms with van der Waals surface area (Å²) in [6.45, 7) is 4.72. The smallest absolute Gasteiger partial charge is 0.230 e. The average molecular weight is 411 g/mol. The number of carbonyl (C=O) groups excluding carboxylic acids is 1. The summed E-state index contributed by atoms with van der Waals surface area (Å²) < 4.78 is 19.4. The lowest BCUT2D eigenvalue weighted by atomic mass is 10.2. The van der Waals surface area contributed by atoms with Crippen molar-refractivity contribution in [3.63, 3.8) is 0 Å². The van der Waals surface area contributed by atoms with Crippen LogP contribution in [0.25, 0.3) is 11.5 Å². The summed E-state index contributed by atoms with van der Waals surface area (Å²) in [5.74, 6) is 3.85. The van der Waals surface area contributed by atoms with Gasteiger partial charge in [-0.25, -0.2) is 9.37 Å². The second-order valence-electron chi connectivity index (χ2n) is 6.16. The van der Waals surface area contributed by atoms with E-state index in [0.717, 1.165) is 24.4 Å². The molecule has 0 aliphatic carbocycles. The van der Waals surface area contributed by atoms with Crippen molar-refractivity contribution in [1.82, 2.24) is 10.3 Å². The van der Waals surface area contributed by atoms with Gasteiger partial charge in [-0.05, 0) is 43.4 Å². The number of carbonyl (C=O) groups is 1. The number of amides is 1. The van der Waals surface area contributed by atoms with Gasteiger partial charge in [0.1, 0.15) is 11.6 Å². The molecule has 2 aromatic rings. The lowest BCUT2D eigenvalue weighted by Gasteiger charge is -2.05. The second kappa shape index (κ2) is 12.1. The highest BCUT2D eigenvalue weighted by molar-refractivity contribution is 7.99. The van der Waals surface area contributed by atoms with E-state index in [1.165, 1.54) is 36.4 Å². The normalized spacial score (nSPS) is 10.9. The highest BCUT2D eigenvalue weighted by Crippen LogP contribution is 2.26. The minimum Gasteiger partial charge on any atom is -0.441 e. The molecule has 7 heteroatoms. The number of halogens is 1. The van der Waals surface area contributed by atoms with E-state index in [2.05, 4.69) is 17.2 Å². The van der Waals surface area contributed by atoms with Crippen LogP contribution < -0.4 is 5.32 Å². The Morgan fingerprint density at radius 1 is 1.22 bits per heavy atom. The monoisotopic (exact) mass is 410 g/mol. The topological polar surface area (TPSA) is 55.1 Å². The van der Waals surface area contributed by atoms with Gasteiger partial charge in [0.25, 0.3) is 0 Å². The molecule has 1 aromatic carbocycles. The Labute approximate surface area is 169 Å². The molecule has 0 unspecified atom stereocenters. The highest BCUT2D eigenvalue weighted by Gasteiger charge is 2.14. The molecule has 0 fully saturated rings. The van der Waals surface area contributed by atoms with E-state index >= 15 is 0 Å². The van der Waals surface area contributed by atoms with Crippen molar-refractivity contribution in [2.75, 3.05) is 23.8 Å². The van der Waals surface area contributed by atoms with Gasteiger partial charge in [0.15, 0.2) is 0 Å². The van der Waals surface area contributed by atoms with Crippen molar-refractivity contribution >= 4 is 29.4 Å². The lowest BCUT2D eigenvalue weighted by Crippen LogP contribution is -2.26.